The molecule has 0 unspecified atom stereocenters. The normalized spacial score (nSPS) is 10.0. The molecule has 3 amide bonds. The fourth-order valence-corrected chi connectivity index (χ4v) is 2.07. The Morgan fingerprint density at radius 1 is 0.880 bits per heavy atom. The summed E-state index contributed by atoms with van der Waals surface area (Å²) < 4.78 is 13.6. The summed E-state index contributed by atoms with van der Waals surface area (Å²) in [5, 5.41) is 7.80. The van der Waals surface area contributed by atoms with Gasteiger partial charge in [-0.3, -0.25) is 14.4 Å². The molecule has 0 atom stereocenters. The maximum absolute atomic E-state index is 13.6. The molecule has 0 radical (unpaired) electrons. The number of amides is 3. The van der Waals surface area contributed by atoms with Crippen LogP contribution in [0.1, 0.15) is 27.6 Å². The molecule has 0 aliphatic rings. The summed E-state index contributed by atoms with van der Waals surface area (Å²) in [7, 11) is 0. The number of anilines is 1. The quantitative estimate of drug-likeness (QED) is 0.701. The number of halogens is 1. The summed E-state index contributed by atoms with van der Waals surface area (Å²) in [5.41, 5.74) is 0.803. The summed E-state index contributed by atoms with van der Waals surface area (Å²) in [6, 6.07) is 11.9. The highest BCUT2D eigenvalue weighted by Gasteiger charge is 2.11. The van der Waals surface area contributed by atoms with E-state index in [1.807, 2.05) is 0 Å². The minimum Gasteiger partial charge on any atom is -0.355 e. The Labute approximate surface area is 144 Å². The lowest BCUT2D eigenvalue weighted by atomic mass is 10.1. The maximum atomic E-state index is 13.6. The second kappa shape index (κ2) is 8.58. The second-order valence-electron chi connectivity index (χ2n) is 5.25. The van der Waals surface area contributed by atoms with Crippen molar-refractivity contribution in [3.63, 3.8) is 0 Å². The molecule has 0 aliphatic heterocycles. The molecule has 3 N–H and O–H groups in total. The van der Waals surface area contributed by atoms with E-state index in [2.05, 4.69) is 16.0 Å². The minimum atomic E-state index is -0.602. The van der Waals surface area contributed by atoms with E-state index >= 15 is 0 Å². The maximum Gasteiger partial charge on any atom is 0.258 e. The molecule has 2 aromatic rings. The van der Waals surface area contributed by atoms with Gasteiger partial charge in [0, 0.05) is 31.3 Å². The van der Waals surface area contributed by atoms with Gasteiger partial charge >= 0.3 is 0 Å². The molecular weight excluding hydrogens is 325 g/mol. The van der Waals surface area contributed by atoms with Crippen LogP contribution in [0.2, 0.25) is 0 Å². The third-order valence-electron chi connectivity index (χ3n) is 3.31. The fourth-order valence-electron chi connectivity index (χ4n) is 2.07. The van der Waals surface area contributed by atoms with Gasteiger partial charge in [-0.1, -0.05) is 12.1 Å². The van der Waals surface area contributed by atoms with Gasteiger partial charge in [-0.15, -0.1) is 0 Å². The second-order valence-corrected chi connectivity index (χ2v) is 5.25. The molecular formula is C18H18FN3O3. The van der Waals surface area contributed by atoms with Crippen LogP contribution in [0.4, 0.5) is 10.1 Å². The summed E-state index contributed by atoms with van der Waals surface area (Å²) in [6.07, 6.45) is 0. The number of carbonyl (C=O) groups excluding carboxylic acids is 3. The molecule has 0 saturated carbocycles. The highest BCUT2D eigenvalue weighted by Crippen LogP contribution is 2.13. The van der Waals surface area contributed by atoms with Crippen molar-refractivity contribution in [2.24, 2.45) is 0 Å². The van der Waals surface area contributed by atoms with Gasteiger partial charge in [-0.2, -0.15) is 0 Å². The van der Waals surface area contributed by atoms with Crippen molar-refractivity contribution in [1.29, 1.82) is 0 Å². The lowest BCUT2D eigenvalue weighted by molar-refractivity contribution is -0.118. The van der Waals surface area contributed by atoms with Gasteiger partial charge in [0.25, 0.3) is 11.8 Å². The highest BCUT2D eigenvalue weighted by molar-refractivity contribution is 6.04. The van der Waals surface area contributed by atoms with Crippen molar-refractivity contribution in [2.75, 3.05) is 18.4 Å². The number of hydrogen-bond acceptors (Lipinski definition) is 3. The number of benzene rings is 2. The standard InChI is InChI=1S/C18H18FN3O3/c1-12(23)20-10-11-21-17(24)13-6-8-14(9-7-13)22-18(25)15-4-2-3-5-16(15)19/h2-9H,10-11H2,1H3,(H,20,23)(H,21,24)(H,22,25). The molecule has 25 heavy (non-hydrogen) atoms. The number of hydrogen-bond donors (Lipinski definition) is 3. The van der Waals surface area contributed by atoms with Crippen LogP contribution in [-0.4, -0.2) is 30.8 Å². The molecule has 0 aromatic heterocycles. The van der Waals surface area contributed by atoms with E-state index in [1.54, 1.807) is 30.3 Å². The van der Waals surface area contributed by atoms with Crippen molar-refractivity contribution in [1.82, 2.24) is 10.6 Å². The average molecular weight is 343 g/mol. The summed E-state index contributed by atoms with van der Waals surface area (Å²) in [6.45, 7) is 2.05. The van der Waals surface area contributed by atoms with Crippen LogP contribution >= 0.6 is 0 Å². The van der Waals surface area contributed by atoms with Gasteiger partial charge in [0.2, 0.25) is 5.91 Å². The van der Waals surface area contributed by atoms with Crippen molar-refractivity contribution in [2.45, 2.75) is 6.92 Å². The van der Waals surface area contributed by atoms with Gasteiger partial charge in [0.05, 0.1) is 5.56 Å². The zero-order valence-electron chi connectivity index (χ0n) is 13.6. The predicted octanol–water partition coefficient (Wildman–Crippen LogP) is 1.94. The molecule has 0 aliphatic carbocycles. The Balaban J connectivity index is 1.91. The SMILES string of the molecule is CC(=O)NCCNC(=O)c1ccc(NC(=O)c2ccccc2F)cc1. The first-order valence-electron chi connectivity index (χ1n) is 7.66. The van der Waals surface area contributed by atoms with E-state index < -0.39 is 11.7 Å². The smallest absolute Gasteiger partial charge is 0.258 e. The first kappa shape index (κ1) is 18.1. The average Bonchev–Trinajstić information content (AvgIpc) is 2.59. The molecule has 2 rings (SSSR count). The molecule has 0 fully saturated rings. The number of carbonyl (C=O) groups is 3. The van der Waals surface area contributed by atoms with Crippen molar-refractivity contribution in [3.05, 3.63) is 65.5 Å². The van der Waals surface area contributed by atoms with E-state index in [1.165, 1.54) is 25.1 Å². The van der Waals surface area contributed by atoms with Crippen molar-refractivity contribution >= 4 is 23.4 Å². The van der Waals surface area contributed by atoms with Crippen LogP contribution in [-0.2, 0) is 4.79 Å². The van der Waals surface area contributed by atoms with Crippen LogP contribution in [0.5, 0.6) is 0 Å². The summed E-state index contributed by atoms with van der Waals surface area (Å²) >= 11 is 0. The third-order valence-corrected chi connectivity index (χ3v) is 3.31. The van der Waals surface area contributed by atoms with E-state index in [9.17, 15) is 18.8 Å². The fraction of sp³-hybridized carbons (Fsp3) is 0.167. The van der Waals surface area contributed by atoms with Gasteiger partial charge < -0.3 is 16.0 Å². The topological polar surface area (TPSA) is 87.3 Å². The zero-order valence-corrected chi connectivity index (χ0v) is 13.6. The predicted molar refractivity (Wildman–Crippen MR) is 91.8 cm³/mol. The summed E-state index contributed by atoms with van der Waals surface area (Å²) in [5.74, 6) is -1.62. The van der Waals surface area contributed by atoms with Gasteiger partial charge in [-0.05, 0) is 36.4 Å². The molecule has 6 nitrogen and oxygen atoms in total. The van der Waals surface area contributed by atoms with Crippen LogP contribution in [0, 0.1) is 5.82 Å². The molecule has 0 spiro atoms. The molecule has 0 bridgehead atoms. The Kier molecular flexibility index (Phi) is 6.22. The van der Waals surface area contributed by atoms with Crippen LogP contribution < -0.4 is 16.0 Å². The largest absolute Gasteiger partial charge is 0.355 e. The molecule has 0 saturated heterocycles. The first-order valence-corrected chi connectivity index (χ1v) is 7.66. The highest BCUT2D eigenvalue weighted by atomic mass is 19.1. The molecule has 2 aromatic carbocycles. The Morgan fingerprint density at radius 3 is 2.16 bits per heavy atom. The molecule has 130 valence electrons. The number of rotatable bonds is 6. The van der Waals surface area contributed by atoms with Crippen LogP contribution in [0.25, 0.3) is 0 Å². The Hall–Kier alpha value is -3.22. The first-order chi connectivity index (χ1) is 12.0. The van der Waals surface area contributed by atoms with Gasteiger partial charge in [-0.25, -0.2) is 4.39 Å². The monoisotopic (exact) mass is 343 g/mol. The van der Waals surface area contributed by atoms with Crippen LogP contribution in [0.15, 0.2) is 48.5 Å². The van der Waals surface area contributed by atoms with Crippen molar-refractivity contribution in [3.8, 4) is 0 Å². The van der Waals surface area contributed by atoms with Gasteiger partial charge in [0.15, 0.2) is 0 Å². The third kappa shape index (κ3) is 5.42. The van der Waals surface area contributed by atoms with Gasteiger partial charge in [0.1, 0.15) is 5.82 Å². The van der Waals surface area contributed by atoms with E-state index in [0.717, 1.165) is 0 Å². The van der Waals surface area contributed by atoms with E-state index in [-0.39, 0.29) is 17.4 Å². The summed E-state index contributed by atoms with van der Waals surface area (Å²) in [4.78, 5) is 34.7. The lowest BCUT2D eigenvalue weighted by Crippen LogP contribution is -2.33. The van der Waals surface area contributed by atoms with E-state index in [4.69, 9.17) is 0 Å². The molecule has 0 heterocycles. The van der Waals surface area contributed by atoms with Crippen molar-refractivity contribution < 1.29 is 18.8 Å². The minimum absolute atomic E-state index is 0.0534. The Morgan fingerprint density at radius 2 is 1.52 bits per heavy atom. The lowest BCUT2D eigenvalue weighted by Gasteiger charge is -2.08. The van der Waals surface area contributed by atoms with Crippen LogP contribution in [0.3, 0.4) is 0 Å². The zero-order chi connectivity index (χ0) is 18.2. The van der Waals surface area contributed by atoms with E-state index in [0.29, 0.717) is 24.3 Å². The Bertz CT molecular complexity index is 775. The number of nitrogens with one attached hydrogen (secondary N) is 3. The molecule has 7 heteroatoms.